The molecule has 1 aromatic carbocycles. The fourth-order valence-corrected chi connectivity index (χ4v) is 2.24. The van der Waals surface area contributed by atoms with E-state index in [9.17, 15) is 0 Å². The third kappa shape index (κ3) is 6.53. The van der Waals surface area contributed by atoms with Gasteiger partial charge >= 0.3 is 0 Å². The molecule has 0 aromatic heterocycles. The van der Waals surface area contributed by atoms with E-state index in [0.717, 1.165) is 32.6 Å². The number of rotatable bonds is 10. The molecule has 0 heterocycles. The smallest absolute Gasteiger partial charge is 0.0661 e. The lowest BCUT2D eigenvalue weighted by Crippen LogP contribution is -2.25. The molecule has 0 radical (unpaired) electrons. The molecule has 0 saturated heterocycles. The maximum atomic E-state index is 5.83. The molecule has 1 unspecified atom stereocenters. The van der Waals surface area contributed by atoms with E-state index in [1.165, 1.54) is 17.5 Å². The molecule has 0 amide bonds. The van der Waals surface area contributed by atoms with Gasteiger partial charge in [0.15, 0.2) is 0 Å². The van der Waals surface area contributed by atoms with Crippen molar-refractivity contribution >= 4 is 0 Å². The van der Waals surface area contributed by atoms with E-state index < -0.39 is 0 Å². The van der Waals surface area contributed by atoms with Gasteiger partial charge in [-0.3, -0.25) is 0 Å². The normalized spacial score (nSPS) is 12.8. The fourth-order valence-electron chi connectivity index (χ4n) is 2.24. The number of likely N-dealkylation sites (N-methyl/N-ethyl adjacent to an activating group) is 1. The molecule has 0 fully saturated rings. The summed E-state index contributed by atoms with van der Waals surface area (Å²) in [6.07, 6.45) is 3.50. The quantitative estimate of drug-likeness (QED) is 0.642. The maximum Gasteiger partial charge on any atom is 0.0661 e. The SMILES string of the molecule is CCCc1ccc(C(COCCC(C)C)NCC)cc1. The number of hydrogen-bond acceptors (Lipinski definition) is 2. The van der Waals surface area contributed by atoms with Crippen molar-refractivity contribution < 1.29 is 4.74 Å². The molecule has 0 spiro atoms. The summed E-state index contributed by atoms with van der Waals surface area (Å²) in [5.74, 6) is 0.709. The summed E-state index contributed by atoms with van der Waals surface area (Å²) in [5, 5.41) is 3.51. The Hall–Kier alpha value is -0.860. The number of aryl methyl sites for hydroxylation is 1. The Balaban J connectivity index is 2.51. The van der Waals surface area contributed by atoms with E-state index in [1.54, 1.807) is 0 Å². The van der Waals surface area contributed by atoms with Crippen molar-refractivity contribution in [1.82, 2.24) is 5.32 Å². The van der Waals surface area contributed by atoms with Crippen LogP contribution in [0.15, 0.2) is 24.3 Å². The molecular formula is C18H31NO. The molecule has 0 aliphatic heterocycles. The predicted molar refractivity (Wildman–Crippen MR) is 87.1 cm³/mol. The lowest BCUT2D eigenvalue weighted by atomic mass is 10.0. The predicted octanol–water partition coefficient (Wildman–Crippen LogP) is 4.35. The van der Waals surface area contributed by atoms with Crippen LogP contribution in [0.2, 0.25) is 0 Å². The summed E-state index contributed by atoms with van der Waals surface area (Å²) in [6, 6.07) is 9.28. The summed E-state index contributed by atoms with van der Waals surface area (Å²) in [6.45, 7) is 11.4. The van der Waals surface area contributed by atoms with Gasteiger partial charge in [-0.2, -0.15) is 0 Å². The first-order valence-corrected chi connectivity index (χ1v) is 8.07. The molecule has 1 atom stereocenters. The Morgan fingerprint density at radius 3 is 2.35 bits per heavy atom. The average molecular weight is 277 g/mol. The summed E-state index contributed by atoms with van der Waals surface area (Å²) in [7, 11) is 0. The molecule has 2 nitrogen and oxygen atoms in total. The van der Waals surface area contributed by atoms with Gasteiger partial charge < -0.3 is 10.1 Å². The van der Waals surface area contributed by atoms with Crippen LogP contribution in [0.1, 0.15) is 57.7 Å². The van der Waals surface area contributed by atoms with Crippen molar-refractivity contribution in [1.29, 1.82) is 0 Å². The highest BCUT2D eigenvalue weighted by molar-refractivity contribution is 5.25. The van der Waals surface area contributed by atoms with Crippen molar-refractivity contribution in [3.05, 3.63) is 35.4 Å². The lowest BCUT2D eigenvalue weighted by Gasteiger charge is -2.19. The summed E-state index contributed by atoms with van der Waals surface area (Å²) >= 11 is 0. The van der Waals surface area contributed by atoms with Gasteiger partial charge in [0.1, 0.15) is 0 Å². The van der Waals surface area contributed by atoms with Crippen molar-refractivity contribution in [3.63, 3.8) is 0 Å². The number of hydrogen-bond donors (Lipinski definition) is 1. The number of nitrogens with one attached hydrogen (secondary N) is 1. The number of benzene rings is 1. The van der Waals surface area contributed by atoms with Crippen LogP contribution in [0.25, 0.3) is 0 Å². The molecule has 1 N–H and O–H groups in total. The van der Waals surface area contributed by atoms with Crippen molar-refractivity contribution in [2.24, 2.45) is 5.92 Å². The maximum absolute atomic E-state index is 5.83. The van der Waals surface area contributed by atoms with Crippen molar-refractivity contribution in [2.75, 3.05) is 19.8 Å². The highest BCUT2D eigenvalue weighted by Crippen LogP contribution is 2.16. The van der Waals surface area contributed by atoms with Gasteiger partial charge in [-0.05, 0) is 36.4 Å². The van der Waals surface area contributed by atoms with Gasteiger partial charge in [-0.15, -0.1) is 0 Å². The monoisotopic (exact) mass is 277 g/mol. The average Bonchev–Trinajstić information content (AvgIpc) is 2.43. The van der Waals surface area contributed by atoms with Crippen LogP contribution in [-0.2, 0) is 11.2 Å². The van der Waals surface area contributed by atoms with Crippen molar-refractivity contribution in [2.45, 2.75) is 53.0 Å². The van der Waals surface area contributed by atoms with Gasteiger partial charge in [0, 0.05) is 6.61 Å². The third-order valence-electron chi connectivity index (χ3n) is 3.50. The Morgan fingerprint density at radius 1 is 1.10 bits per heavy atom. The molecule has 0 aliphatic carbocycles. The zero-order chi connectivity index (χ0) is 14.8. The molecule has 0 aliphatic rings. The van der Waals surface area contributed by atoms with E-state index in [1.807, 2.05) is 0 Å². The minimum Gasteiger partial charge on any atom is -0.379 e. The molecule has 0 saturated carbocycles. The van der Waals surface area contributed by atoms with E-state index in [0.29, 0.717) is 12.0 Å². The Kier molecular flexibility index (Phi) is 8.56. The second-order valence-corrected chi connectivity index (χ2v) is 5.86. The van der Waals surface area contributed by atoms with E-state index in [4.69, 9.17) is 4.74 Å². The Labute approximate surface area is 124 Å². The lowest BCUT2D eigenvalue weighted by molar-refractivity contribution is 0.103. The van der Waals surface area contributed by atoms with E-state index in [2.05, 4.69) is 57.3 Å². The second-order valence-electron chi connectivity index (χ2n) is 5.86. The van der Waals surface area contributed by atoms with Crippen LogP contribution < -0.4 is 5.32 Å². The first-order valence-electron chi connectivity index (χ1n) is 8.07. The second kappa shape index (κ2) is 9.95. The molecule has 1 rings (SSSR count). The highest BCUT2D eigenvalue weighted by atomic mass is 16.5. The van der Waals surface area contributed by atoms with Crippen LogP contribution >= 0.6 is 0 Å². The van der Waals surface area contributed by atoms with Gasteiger partial charge in [-0.1, -0.05) is 58.4 Å². The zero-order valence-corrected chi connectivity index (χ0v) is 13.6. The van der Waals surface area contributed by atoms with Crippen LogP contribution in [0.3, 0.4) is 0 Å². The Bertz CT molecular complexity index is 345. The highest BCUT2D eigenvalue weighted by Gasteiger charge is 2.10. The first-order chi connectivity index (χ1) is 9.67. The minimum atomic E-state index is 0.308. The van der Waals surface area contributed by atoms with Crippen LogP contribution in [-0.4, -0.2) is 19.8 Å². The molecule has 1 aromatic rings. The summed E-state index contributed by atoms with van der Waals surface area (Å²) < 4.78 is 5.83. The third-order valence-corrected chi connectivity index (χ3v) is 3.50. The molecule has 0 bridgehead atoms. The molecule has 114 valence electrons. The molecule has 20 heavy (non-hydrogen) atoms. The standard InChI is InChI=1S/C18H31NO/c1-5-7-16-8-10-17(11-9-16)18(19-6-2)14-20-13-12-15(3)4/h8-11,15,18-19H,5-7,12-14H2,1-4H3. The van der Waals surface area contributed by atoms with Crippen LogP contribution in [0.5, 0.6) is 0 Å². The Morgan fingerprint density at radius 2 is 1.80 bits per heavy atom. The minimum absolute atomic E-state index is 0.308. The summed E-state index contributed by atoms with van der Waals surface area (Å²) in [4.78, 5) is 0. The topological polar surface area (TPSA) is 21.3 Å². The van der Waals surface area contributed by atoms with E-state index >= 15 is 0 Å². The van der Waals surface area contributed by atoms with Crippen LogP contribution in [0, 0.1) is 5.92 Å². The van der Waals surface area contributed by atoms with Crippen LogP contribution in [0.4, 0.5) is 0 Å². The fraction of sp³-hybridized carbons (Fsp3) is 0.667. The molecule has 2 heteroatoms. The molecular weight excluding hydrogens is 246 g/mol. The van der Waals surface area contributed by atoms with Crippen molar-refractivity contribution in [3.8, 4) is 0 Å². The van der Waals surface area contributed by atoms with Gasteiger partial charge in [-0.25, -0.2) is 0 Å². The summed E-state index contributed by atoms with van der Waals surface area (Å²) in [5.41, 5.74) is 2.75. The number of ether oxygens (including phenoxy) is 1. The zero-order valence-electron chi connectivity index (χ0n) is 13.6. The largest absolute Gasteiger partial charge is 0.379 e. The van der Waals surface area contributed by atoms with Gasteiger partial charge in [0.05, 0.1) is 12.6 Å². The first kappa shape index (κ1) is 17.2. The van der Waals surface area contributed by atoms with Gasteiger partial charge in [0.25, 0.3) is 0 Å². The van der Waals surface area contributed by atoms with Gasteiger partial charge in [0.2, 0.25) is 0 Å². The van der Waals surface area contributed by atoms with E-state index in [-0.39, 0.29) is 0 Å².